The third kappa shape index (κ3) is 6.01. The lowest BCUT2D eigenvalue weighted by Gasteiger charge is -2.32. The van der Waals surface area contributed by atoms with Crippen molar-refractivity contribution in [2.45, 2.75) is 32.9 Å². The third-order valence-electron chi connectivity index (χ3n) is 5.21. The summed E-state index contributed by atoms with van der Waals surface area (Å²) in [5.41, 5.74) is 2.26. The number of halogens is 1. The fraction of sp³-hybridized carbons (Fsp3) is 0.524. The fourth-order valence-electron chi connectivity index (χ4n) is 3.62. The van der Waals surface area contributed by atoms with Gasteiger partial charge >= 0.3 is 0 Å². The minimum Gasteiger partial charge on any atom is -0.356 e. The predicted octanol–water partition coefficient (Wildman–Crippen LogP) is 3.51. The topological polar surface area (TPSA) is 43.8 Å². The van der Waals surface area contributed by atoms with Gasteiger partial charge in [-0.2, -0.15) is 0 Å². The average molecular weight is 404 g/mol. The molecule has 28 heavy (non-hydrogen) atoms. The summed E-state index contributed by atoms with van der Waals surface area (Å²) in [7, 11) is 3.82. The number of benzene rings is 1. The van der Waals surface area contributed by atoms with Crippen LogP contribution in [0.4, 0.5) is 4.39 Å². The fourth-order valence-corrected chi connectivity index (χ4v) is 4.22. The van der Waals surface area contributed by atoms with E-state index in [1.54, 1.807) is 11.3 Å². The maximum Gasteiger partial charge on any atom is 0.193 e. The van der Waals surface area contributed by atoms with Crippen LogP contribution < -0.4 is 5.32 Å². The van der Waals surface area contributed by atoms with Crippen molar-refractivity contribution in [3.05, 3.63) is 51.7 Å². The Morgan fingerprint density at radius 1 is 1.32 bits per heavy atom. The van der Waals surface area contributed by atoms with Crippen LogP contribution in [0.3, 0.4) is 0 Å². The van der Waals surface area contributed by atoms with Crippen LogP contribution in [-0.4, -0.2) is 54.5 Å². The van der Waals surface area contributed by atoms with E-state index >= 15 is 0 Å². The Labute approximate surface area is 171 Å². The van der Waals surface area contributed by atoms with Gasteiger partial charge in [-0.25, -0.2) is 9.37 Å². The summed E-state index contributed by atoms with van der Waals surface area (Å²) >= 11 is 1.73. The molecule has 1 aromatic heterocycles. The third-order valence-corrected chi connectivity index (χ3v) is 6.04. The smallest absolute Gasteiger partial charge is 0.193 e. The van der Waals surface area contributed by atoms with Crippen LogP contribution in [0.1, 0.15) is 29.1 Å². The van der Waals surface area contributed by atoms with Crippen LogP contribution in [0.5, 0.6) is 0 Å². The minimum absolute atomic E-state index is 0.204. The standard InChI is InChI=1S/C21H30FN5S/c1-16-25-20(15-28-16)14-27-10-8-17(9-11-27)12-24-21(23-2)26(3)13-18-4-6-19(22)7-5-18/h4-7,15,17H,8-14H2,1-3H3,(H,23,24). The van der Waals surface area contributed by atoms with Gasteiger partial charge < -0.3 is 10.2 Å². The molecule has 0 bridgehead atoms. The van der Waals surface area contributed by atoms with Crippen LogP contribution in [0.15, 0.2) is 34.6 Å². The first-order valence-electron chi connectivity index (χ1n) is 9.83. The number of aryl methyl sites for hydroxylation is 1. The van der Waals surface area contributed by atoms with E-state index in [9.17, 15) is 4.39 Å². The van der Waals surface area contributed by atoms with Gasteiger partial charge in [-0.05, 0) is 56.5 Å². The zero-order valence-electron chi connectivity index (χ0n) is 17.0. The molecule has 2 aromatic rings. The molecule has 1 aliphatic rings. The number of guanidine groups is 1. The predicted molar refractivity (Wildman–Crippen MR) is 114 cm³/mol. The molecule has 0 unspecified atom stereocenters. The zero-order chi connectivity index (χ0) is 19.9. The number of thiazole rings is 1. The van der Waals surface area contributed by atoms with Gasteiger partial charge in [0.2, 0.25) is 0 Å². The molecule has 5 nitrogen and oxygen atoms in total. The van der Waals surface area contributed by atoms with Crippen LogP contribution in [0, 0.1) is 18.7 Å². The van der Waals surface area contributed by atoms with Gasteiger partial charge in [-0.15, -0.1) is 11.3 Å². The molecule has 1 fully saturated rings. The van der Waals surface area contributed by atoms with Gasteiger partial charge in [-0.3, -0.25) is 9.89 Å². The first kappa shape index (κ1) is 20.7. The number of rotatable bonds is 6. The number of nitrogens with zero attached hydrogens (tertiary/aromatic N) is 4. The van der Waals surface area contributed by atoms with E-state index in [1.165, 1.54) is 30.7 Å². The second kappa shape index (κ2) is 9.98. The highest BCUT2D eigenvalue weighted by Crippen LogP contribution is 2.19. The summed E-state index contributed by atoms with van der Waals surface area (Å²) in [6.45, 7) is 6.90. The van der Waals surface area contributed by atoms with Gasteiger partial charge in [0, 0.05) is 39.1 Å². The monoisotopic (exact) mass is 403 g/mol. The van der Waals surface area contributed by atoms with E-state index in [2.05, 4.69) is 37.4 Å². The van der Waals surface area contributed by atoms with Gasteiger partial charge in [0.1, 0.15) is 5.82 Å². The summed E-state index contributed by atoms with van der Waals surface area (Å²) in [5, 5.41) is 6.83. The number of aliphatic imine (C=N–C) groups is 1. The largest absolute Gasteiger partial charge is 0.356 e. The van der Waals surface area contributed by atoms with E-state index in [4.69, 9.17) is 0 Å². The second-order valence-corrected chi connectivity index (χ2v) is 8.55. The van der Waals surface area contributed by atoms with Gasteiger partial charge in [0.05, 0.1) is 10.7 Å². The molecule has 1 aliphatic heterocycles. The van der Waals surface area contributed by atoms with Gasteiger partial charge in [-0.1, -0.05) is 12.1 Å². The maximum absolute atomic E-state index is 13.1. The number of hydrogen-bond donors (Lipinski definition) is 1. The molecular formula is C21H30FN5S. The molecule has 7 heteroatoms. The normalized spacial score (nSPS) is 16.4. The lowest BCUT2D eigenvalue weighted by Crippen LogP contribution is -2.43. The van der Waals surface area contributed by atoms with E-state index < -0.39 is 0 Å². The van der Waals surface area contributed by atoms with Crippen molar-refractivity contribution in [2.24, 2.45) is 10.9 Å². The molecule has 1 aromatic carbocycles. The average Bonchev–Trinajstić information content (AvgIpc) is 3.10. The Morgan fingerprint density at radius 3 is 2.64 bits per heavy atom. The number of likely N-dealkylation sites (tertiary alicyclic amines) is 1. The highest BCUT2D eigenvalue weighted by Gasteiger charge is 2.20. The molecule has 1 saturated heterocycles. The van der Waals surface area contributed by atoms with Crippen LogP contribution in [-0.2, 0) is 13.1 Å². The van der Waals surface area contributed by atoms with Crippen molar-refractivity contribution in [1.82, 2.24) is 20.1 Å². The van der Waals surface area contributed by atoms with Gasteiger partial charge in [0.15, 0.2) is 5.96 Å². The number of hydrogen-bond acceptors (Lipinski definition) is 4. The van der Waals surface area contributed by atoms with Crippen molar-refractivity contribution in [3.63, 3.8) is 0 Å². The summed E-state index contributed by atoms with van der Waals surface area (Å²) in [4.78, 5) is 13.6. The number of piperidine rings is 1. The van der Waals surface area contributed by atoms with Crippen molar-refractivity contribution in [3.8, 4) is 0 Å². The lowest BCUT2D eigenvalue weighted by atomic mass is 9.97. The Kier molecular flexibility index (Phi) is 7.39. The van der Waals surface area contributed by atoms with E-state index in [-0.39, 0.29) is 5.82 Å². The maximum atomic E-state index is 13.1. The second-order valence-electron chi connectivity index (χ2n) is 7.49. The number of nitrogens with one attached hydrogen (secondary N) is 1. The highest BCUT2D eigenvalue weighted by atomic mass is 32.1. The minimum atomic E-state index is -0.204. The first-order valence-corrected chi connectivity index (χ1v) is 10.7. The summed E-state index contributed by atoms with van der Waals surface area (Å²) in [6, 6.07) is 6.64. The molecule has 1 N–H and O–H groups in total. The van der Waals surface area contributed by atoms with Crippen molar-refractivity contribution in [2.75, 3.05) is 33.7 Å². The zero-order valence-corrected chi connectivity index (χ0v) is 17.8. The Morgan fingerprint density at radius 2 is 2.04 bits per heavy atom. The van der Waals surface area contributed by atoms with Crippen molar-refractivity contribution >= 4 is 17.3 Å². The molecule has 2 heterocycles. The van der Waals surface area contributed by atoms with Crippen LogP contribution in [0.25, 0.3) is 0 Å². The van der Waals surface area contributed by atoms with E-state index in [1.807, 2.05) is 26.2 Å². The lowest BCUT2D eigenvalue weighted by molar-refractivity contribution is 0.176. The van der Waals surface area contributed by atoms with E-state index in [0.717, 1.165) is 42.7 Å². The quantitative estimate of drug-likeness (QED) is 0.592. The van der Waals surface area contributed by atoms with Crippen molar-refractivity contribution < 1.29 is 4.39 Å². The van der Waals surface area contributed by atoms with Crippen LogP contribution in [0.2, 0.25) is 0 Å². The highest BCUT2D eigenvalue weighted by molar-refractivity contribution is 7.09. The Bertz CT molecular complexity index is 765. The SMILES string of the molecule is CN=C(NCC1CCN(Cc2csc(C)n2)CC1)N(C)Cc1ccc(F)cc1. The van der Waals surface area contributed by atoms with Crippen LogP contribution >= 0.6 is 11.3 Å². The molecular weight excluding hydrogens is 373 g/mol. The molecule has 0 atom stereocenters. The van der Waals surface area contributed by atoms with Crippen molar-refractivity contribution in [1.29, 1.82) is 0 Å². The van der Waals surface area contributed by atoms with E-state index in [0.29, 0.717) is 12.5 Å². The molecule has 152 valence electrons. The summed E-state index contributed by atoms with van der Waals surface area (Å²) in [5.74, 6) is 1.33. The summed E-state index contributed by atoms with van der Waals surface area (Å²) in [6.07, 6.45) is 2.38. The molecule has 0 saturated carbocycles. The molecule has 0 spiro atoms. The first-order chi connectivity index (χ1) is 13.5. The molecule has 0 radical (unpaired) electrons. The molecule has 0 amide bonds. The Hall–Kier alpha value is -1.99. The molecule has 0 aliphatic carbocycles. The number of aromatic nitrogens is 1. The molecule has 3 rings (SSSR count). The van der Waals surface area contributed by atoms with Gasteiger partial charge in [0.25, 0.3) is 0 Å². The summed E-state index contributed by atoms with van der Waals surface area (Å²) < 4.78 is 13.1. The Balaban J connectivity index is 1.41.